The number of benzene rings is 1. The molecule has 0 spiro atoms. The highest BCUT2D eigenvalue weighted by Crippen LogP contribution is 2.20. The maximum atomic E-state index is 12.9. The zero-order chi connectivity index (χ0) is 18.4. The van der Waals surface area contributed by atoms with Crippen molar-refractivity contribution in [2.24, 2.45) is 0 Å². The summed E-state index contributed by atoms with van der Waals surface area (Å²) in [6, 6.07) is 4.95. The van der Waals surface area contributed by atoms with Crippen LogP contribution in [0.3, 0.4) is 0 Å². The fraction of sp³-hybridized carbons (Fsp3) is 0.588. The molecule has 1 amide bonds. The number of carbonyl (C=O) groups is 1. The molecule has 1 atom stereocenters. The fourth-order valence-corrected chi connectivity index (χ4v) is 3.97. The van der Waals surface area contributed by atoms with Crippen molar-refractivity contribution in [3.05, 3.63) is 29.3 Å². The molecule has 1 aliphatic heterocycles. The van der Waals surface area contributed by atoms with Crippen LogP contribution in [0, 0.1) is 6.92 Å². The predicted molar refractivity (Wildman–Crippen MR) is 103 cm³/mol. The molecule has 0 aromatic heterocycles. The van der Waals surface area contributed by atoms with Crippen LogP contribution in [0.5, 0.6) is 0 Å². The molecular formula is C17H28ClN3O4S. The summed E-state index contributed by atoms with van der Waals surface area (Å²) in [6.07, 6.45) is 1.98. The molecule has 148 valence electrons. The number of likely N-dealkylation sites (N-methyl/N-ethyl adjacent to an activating group) is 1. The van der Waals surface area contributed by atoms with Crippen molar-refractivity contribution in [2.45, 2.75) is 30.7 Å². The highest BCUT2D eigenvalue weighted by atomic mass is 35.5. The molecular weight excluding hydrogens is 378 g/mol. The Bertz CT molecular complexity index is 712. The Kier molecular flexibility index (Phi) is 8.99. The zero-order valence-corrected chi connectivity index (χ0v) is 17.1. The minimum Gasteiger partial charge on any atom is -0.383 e. The van der Waals surface area contributed by atoms with E-state index in [1.165, 1.54) is 19.2 Å². The quantitative estimate of drug-likeness (QED) is 0.665. The van der Waals surface area contributed by atoms with Crippen molar-refractivity contribution in [1.82, 2.24) is 14.9 Å². The molecule has 0 radical (unpaired) electrons. The van der Waals surface area contributed by atoms with Crippen molar-refractivity contribution >= 4 is 28.3 Å². The highest BCUT2D eigenvalue weighted by Gasteiger charge is 2.25. The third-order valence-electron chi connectivity index (χ3n) is 4.46. The van der Waals surface area contributed by atoms with Crippen LogP contribution in [0.1, 0.15) is 28.8 Å². The first kappa shape index (κ1) is 22.9. The van der Waals surface area contributed by atoms with Crippen molar-refractivity contribution in [1.29, 1.82) is 0 Å². The summed E-state index contributed by atoms with van der Waals surface area (Å²) >= 11 is 0. The van der Waals surface area contributed by atoms with Crippen molar-refractivity contribution in [3.63, 3.8) is 0 Å². The lowest BCUT2D eigenvalue weighted by Gasteiger charge is -2.33. The number of likely N-dealkylation sites (tertiary alicyclic amines) is 1. The Morgan fingerprint density at radius 1 is 1.38 bits per heavy atom. The zero-order valence-electron chi connectivity index (χ0n) is 15.4. The third kappa shape index (κ3) is 5.65. The Morgan fingerprint density at radius 2 is 2.12 bits per heavy atom. The highest BCUT2D eigenvalue weighted by molar-refractivity contribution is 7.89. The van der Waals surface area contributed by atoms with Crippen LogP contribution in [0.15, 0.2) is 23.1 Å². The van der Waals surface area contributed by atoms with Crippen LogP contribution >= 0.6 is 12.4 Å². The topological polar surface area (TPSA) is 87.7 Å². The molecule has 1 fully saturated rings. The van der Waals surface area contributed by atoms with Gasteiger partial charge in [0.1, 0.15) is 0 Å². The number of piperidine rings is 1. The Hall–Kier alpha value is -1.19. The minimum atomic E-state index is -3.66. The van der Waals surface area contributed by atoms with Gasteiger partial charge in [-0.15, -0.1) is 12.4 Å². The number of halogens is 1. The molecule has 0 bridgehead atoms. The van der Waals surface area contributed by atoms with E-state index in [0.717, 1.165) is 18.4 Å². The van der Waals surface area contributed by atoms with Crippen LogP contribution < -0.4 is 10.0 Å². The van der Waals surface area contributed by atoms with E-state index in [4.69, 9.17) is 4.74 Å². The number of nitrogens with one attached hydrogen (secondary N) is 2. The molecule has 2 rings (SSSR count). The predicted octanol–water partition coefficient (Wildman–Crippen LogP) is 1.17. The van der Waals surface area contributed by atoms with E-state index < -0.39 is 10.0 Å². The standard InChI is InChI=1S/C17H27N3O4S.ClH/c1-13-6-7-15(25(22,23)19-8-10-24-3)11-16(13)17(21)20-9-4-5-14(12-20)18-2;/h6-7,11,14,18-19H,4-5,8-10,12H2,1-3H3;1H. The SMILES string of the molecule is CNC1CCCN(C(=O)c2cc(S(=O)(=O)NCCOC)ccc2C)C1.Cl. The molecule has 26 heavy (non-hydrogen) atoms. The van der Waals surface area contributed by atoms with Crippen LogP contribution in [0.4, 0.5) is 0 Å². The average Bonchev–Trinajstić information content (AvgIpc) is 2.61. The first-order valence-electron chi connectivity index (χ1n) is 8.45. The van der Waals surface area contributed by atoms with Crippen molar-refractivity contribution in [3.8, 4) is 0 Å². The maximum Gasteiger partial charge on any atom is 0.254 e. The summed E-state index contributed by atoms with van der Waals surface area (Å²) in [6.45, 7) is 3.63. The second-order valence-electron chi connectivity index (χ2n) is 6.25. The van der Waals surface area contributed by atoms with Gasteiger partial charge in [-0.05, 0) is 44.5 Å². The van der Waals surface area contributed by atoms with Gasteiger partial charge in [-0.1, -0.05) is 6.07 Å². The van der Waals surface area contributed by atoms with Crippen molar-refractivity contribution in [2.75, 3.05) is 40.4 Å². The van der Waals surface area contributed by atoms with Gasteiger partial charge in [-0.2, -0.15) is 0 Å². The van der Waals surface area contributed by atoms with Crippen LogP contribution in [0.25, 0.3) is 0 Å². The lowest BCUT2D eigenvalue weighted by Crippen LogP contribution is -2.47. The molecule has 1 aromatic rings. The van der Waals surface area contributed by atoms with Gasteiger partial charge in [-0.25, -0.2) is 13.1 Å². The number of hydrogen-bond donors (Lipinski definition) is 2. The van der Waals surface area contributed by atoms with E-state index >= 15 is 0 Å². The van der Waals surface area contributed by atoms with Gasteiger partial charge in [0, 0.05) is 38.3 Å². The molecule has 7 nitrogen and oxygen atoms in total. The Balaban J connectivity index is 0.00000338. The molecule has 1 saturated heterocycles. The lowest BCUT2D eigenvalue weighted by atomic mass is 10.0. The molecule has 9 heteroatoms. The smallest absolute Gasteiger partial charge is 0.254 e. The second kappa shape index (κ2) is 10.2. The van der Waals surface area contributed by atoms with Gasteiger partial charge >= 0.3 is 0 Å². The van der Waals surface area contributed by atoms with E-state index in [1.807, 2.05) is 14.0 Å². The maximum absolute atomic E-state index is 12.9. The van der Waals surface area contributed by atoms with Crippen LogP contribution in [0.2, 0.25) is 0 Å². The molecule has 0 saturated carbocycles. The average molecular weight is 406 g/mol. The van der Waals surface area contributed by atoms with E-state index in [2.05, 4.69) is 10.0 Å². The lowest BCUT2D eigenvalue weighted by molar-refractivity contribution is 0.0697. The van der Waals surface area contributed by atoms with Gasteiger partial charge in [0.2, 0.25) is 10.0 Å². The van der Waals surface area contributed by atoms with E-state index in [0.29, 0.717) is 18.7 Å². The largest absolute Gasteiger partial charge is 0.383 e. The monoisotopic (exact) mass is 405 g/mol. The molecule has 1 unspecified atom stereocenters. The van der Waals surface area contributed by atoms with Gasteiger partial charge < -0.3 is 15.0 Å². The van der Waals surface area contributed by atoms with Crippen molar-refractivity contribution < 1.29 is 17.9 Å². The Morgan fingerprint density at radius 3 is 2.77 bits per heavy atom. The fourth-order valence-electron chi connectivity index (χ4n) is 2.93. The van der Waals surface area contributed by atoms with Gasteiger partial charge in [-0.3, -0.25) is 4.79 Å². The van der Waals surface area contributed by atoms with Crippen LogP contribution in [-0.4, -0.2) is 65.7 Å². The minimum absolute atomic E-state index is 0. The normalized spacial score (nSPS) is 17.7. The summed E-state index contributed by atoms with van der Waals surface area (Å²) in [5.41, 5.74) is 1.21. The molecule has 1 aromatic carbocycles. The van der Waals surface area contributed by atoms with Gasteiger partial charge in [0.25, 0.3) is 5.91 Å². The molecule has 1 aliphatic rings. The summed E-state index contributed by atoms with van der Waals surface area (Å²) in [5, 5.41) is 3.21. The number of carbonyl (C=O) groups excluding carboxylic acids is 1. The summed E-state index contributed by atoms with van der Waals surface area (Å²) < 4.78 is 32.1. The van der Waals surface area contributed by atoms with Crippen LogP contribution in [-0.2, 0) is 14.8 Å². The third-order valence-corrected chi connectivity index (χ3v) is 5.92. The first-order valence-corrected chi connectivity index (χ1v) is 9.93. The first-order chi connectivity index (χ1) is 11.9. The Labute approximate surface area is 161 Å². The second-order valence-corrected chi connectivity index (χ2v) is 8.01. The number of amides is 1. The van der Waals surface area contributed by atoms with E-state index in [-0.39, 0.29) is 42.4 Å². The van der Waals surface area contributed by atoms with E-state index in [9.17, 15) is 13.2 Å². The molecule has 1 heterocycles. The molecule has 2 N–H and O–H groups in total. The van der Waals surface area contributed by atoms with E-state index in [1.54, 1.807) is 11.0 Å². The number of hydrogen-bond acceptors (Lipinski definition) is 5. The number of rotatable bonds is 7. The summed E-state index contributed by atoms with van der Waals surface area (Å²) in [7, 11) is -0.265. The number of methoxy groups -OCH3 is 1. The number of sulfonamides is 1. The summed E-state index contributed by atoms with van der Waals surface area (Å²) in [4.78, 5) is 14.8. The summed E-state index contributed by atoms with van der Waals surface area (Å²) in [5.74, 6) is -0.119. The number of ether oxygens (including phenoxy) is 1. The number of aryl methyl sites for hydroxylation is 1. The van der Waals surface area contributed by atoms with Gasteiger partial charge in [0.15, 0.2) is 0 Å². The number of nitrogens with zero attached hydrogens (tertiary/aromatic N) is 1. The van der Waals surface area contributed by atoms with Gasteiger partial charge in [0.05, 0.1) is 11.5 Å². The molecule has 0 aliphatic carbocycles.